The second-order valence-corrected chi connectivity index (χ2v) is 7.37. The van der Waals surface area contributed by atoms with E-state index in [1.807, 2.05) is 6.07 Å². The van der Waals surface area contributed by atoms with Crippen molar-refractivity contribution in [1.82, 2.24) is 0 Å². The molecule has 8 heteroatoms. The van der Waals surface area contributed by atoms with Gasteiger partial charge in [-0.2, -0.15) is 0 Å². The van der Waals surface area contributed by atoms with Crippen LogP contribution in [0.25, 0.3) is 6.08 Å². The zero-order chi connectivity index (χ0) is 20.1. The van der Waals surface area contributed by atoms with E-state index in [1.165, 1.54) is 13.2 Å². The van der Waals surface area contributed by atoms with Crippen molar-refractivity contribution in [3.05, 3.63) is 57.0 Å². The lowest BCUT2D eigenvalue weighted by Crippen LogP contribution is -2.36. The van der Waals surface area contributed by atoms with Gasteiger partial charge in [0.2, 0.25) is 5.91 Å². The third-order valence-corrected chi connectivity index (χ3v) is 4.96. The van der Waals surface area contributed by atoms with Gasteiger partial charge in [0, 0.05) is 34.8 Å². The smallest absolute Gasteiger partial charge is 0.248 e. The zero-order valence-electron chi connectivity index (χ0n) is 15.2. The van der Waals surface area contributed by atoms with E-state index in [9.17, 15) is 4.79 Å². The highest BCUT2D eigenvalue weighted by atomic mass is 35.5. The second-order valence-electron chi connectivity index (χ2n) is 6.09. The van der Waals surface area contributed by atoms with Gasteiger partial charge in [-0.05, 0) is 36.4 Å². The molecule has 0 aromatic heterocycles. The summed E-state index contributed by atoms with van der Waals surface area (Å²) in [7, 11) is 1.51. The van der Waals surface area contributed by atoms with Crippen molar-refractivity contribution < 1.29 is 14.3 Å². The number of carbonyl (C=O) groups is 1. The molecule has 1 N–H and O–H groups in total. The maximum Gasteiger partial charge on any atom is 0.248 e. The lowest BCUT2D eigenvalue weighted by Gasteiger charge is -2.30. The van der Waals surface area contributed by atoms with Crippen LogP contribution in [0.1, 0.15) is 5.56 Å². The predicted molar refractivity (Wildman–Crippen MR) is 115 cm³/mol. The van der Waals surface area contributed by atoms with Crippen LogP contribution in [-0.2, 0) is 9.53 Å². The van der Waals surface area contributed by atoms with E-state index in [2.05, 4.69) is 10.2 Å². The van der Waals surface area contributed by atoms with Gasteiger partial charge in [-0.3, -0.25) is 4.79 Å². The molecule has 1 amide bonds. The number of halogens is 3. The third kappa shape index (κ3) is 5.11. The normalized spacial score (nSPS) is 14.4. The number of methoxy groups -OCH3 is 1. The summed E-state index contributed by atoms with van der Waals surface area (Å²) in [5, 5.41) is 4.26. The predicted octanol–water partition coefficient (Wildman–Crippen LogP) is 5.14. The molecule has 0 saturated carbocycles. The number of anilines is 2. The van der Waals surface area contributed by atoms with E-state index >= 15 is 0 Å². The molecule has 2 aromatic carbocycles. The molecular weight excluding hydrogens is 423 g/mol. The zero-order valence-corrected chi connectivity index (χ0v) is 17.4. The average Bonchev–Trinajstić information content (AvgIpc) is 2.67. The number of amides is 1. The Kier molecular flexibility index (Phi) is 7.08. The minimum absolute atomic E-state index is 0.310. The second kappa shape index (κ2) is 9.52. The monoisotopic (exact) mass is 440 g/mol. The van der Waals surface area contributed by atoms with Crippen LogP contribution in [0.2, 0.25) is 15.1 Å². The van der Waals surface area contributed by atoms with E-state index in [4.69, 9.17) is 44.3 Å². The van der Waals surface area contributed by atoms with Crippen LogP contribution >= 0.6 is 34.8 Å². The maximum atomic E-state index is 12.5. The van der Waals surface area contributed by atoms with Crippen molar-refractivity contribution >= 4 is 58.2 Å². The standard InChI is InChI=1S/C20H19Cl3N2O3/c1-27-20-13(10-15(22)11-16(20)23)2-5-19(26)24-17-12-14(21)3-4-18(17)25-6-8-28-9-7-25/h2-5,10-12H,6-9H2,1H3,(H,24,26). The number of nitrogens with one attached hydrogen (secondary N) is 1. The number of hydrogen-bond acceptors (Lipinski definition) is 4. The largest absolute Gasteiger partial charge is 0.495 e. The van der Waals surface area contributed by atoms with Crippen LogP contribution in [0.3, 0.4) is 0 Å². The molecule has 3 rings (SSSR count). The Labute approximate surface area is 178 Å². The quantitative estimate of drug-likeness (QED) is 0.652. The number of carbonyl (C=O) groups excluding carboxylic acids is 1. The van der Waals surface area contributed by atoms with Crippen molar-refractivity contribution in [1.29, 1.82) is 0 Å². The topological polar surface area (TPSA) is 50.8 Å². The molecule has 0 aliphatic carbocycles. The number of nitrogens with zero attached hydrogens (tertiary/aromatic N) is 1. The Morgan fingerprint density at radius 3 is 2.61 bits per heavy atom. The van der Waals surface area contributed by atoms with Crippen LogP contribution in [0.15, 0.2) is 36.4 Å². The summed E-state index contributed by atoms with van der Waals surface area (Å²) in [5.74, 6) is 0.141. The van der Waals surface area contributed by atoms with Gasteiger partial charge in [-0.25, -0.2) is 0 Å². The van der Waals surface area contributed by atoms with Gasteiger partial charge in [0.25, 0.3) is 0 Å². The first kappa shape index (κ1) is 20.8. The summed E-state index contributed by atoms with van der Waals surface area (Å²) in [5.41, 5.74) is 2.15. The van der Waals surface area contributed by atoms with E-state index in [1.54, 1.807) is 30.3 Å². The van der Waals surface area contributed by atoms with E-state index in [0.717, 1.165) is 18.8 Å². The molecule has 1 heterocycles. The third-order valence-electron chi connectivity index (χ3n) is 4.22. The Bertz CT molecular complexity index is 897. The van der Waals surface area contributed by atoms with Crippen molar-refractivity contribution in [3.8, 4) is 5.75 Å². The van der Waals surface area contributed by atoms with Gasteiger partial charge in [-0.15, -0.1) is 0 Å². The molecule has 1 saturated heterocycles. The molecule has 5 nitrogen and oxygen atoms in total. The van der Waals surface area contributed by atoms with Crippen LogP contribution in [0, 0.1) is 0 Å². The number of rotatable bonds is 5. The van der Waals surface area contributed by atoms with Crippen LogP contribution < -0.4 is 15.0 Å². The number of ether oxygens (including phenoxy) is 2. The molecule has 1 aliphatic rings. The van der Waals surface area contributed by atoms with Gasteiger partial charge >= 0.3 is 0 Å². The van der Waals surface area contributed by atoms with Crippen molar-refractivity contribution in [3.63, 3.8) is 0 Å². The van der Waals surface area contributed by atoms with Crippen LogP contribution in [-0.4, -0.2) is 39.3 Å². The number of hydrogen-bond donors (Lipinski definition) is 1. The molecule has 1 aliphatic heterocycles. The van der Waals surface area contributed by atoms with E-state index in [-0.39, 0.29) is 5.91 Å². The Balaban J connectivity index is 1.80. The molecule has 0 radical (unpaired) electrons. The molecular formula is C20H19Cl3N2O3. The van der Waals surface area contributed by atoms with Crippen LogP contribution in [0.4, 0.5) is 11.4 Å². The molecule has 28 heavy (non-hydrogen) atoms. The van der Waals surface area contributed by atoms with E-state index < -0.39 is 0 Å². The first-order valence-electron chi connectivity index (χ1n) is 8.62. The van der Waals surface area contributed by atoms with Crippen LogP contribution in [0.5, 0.6) is 5.75 Å². The summed E-state index contributed by atoms with van der Waals surface area (Å²) >= 11 is 18.3. The highest BCUT2D eigenvalue weighted by Crippen LogP contribution is 2.33. The van der Waals surface area contributed by atoms with Crippen molar-refractivity contribution in [2.45, 2.75) is 0 Å². The lowest BCUT2D eigenvalue weighted by molar-refractivity contribution is -0.111. The summed E-state index contributed by atoms with van der Waals surface area (Å²) in [6, 6.07) is 8.69. The van der Waals surface area contributed by atoms with Gasteiger partial charge < -0.3 is 19.7 Å². The fraction of sp³-hybridized carbons (Fsp3) is 0.250. The van der Waals surface area contributed by atoms with Crippen molar-refractivity contribution in [2.24, 2.45) is 0 Å². The number of benzene rings is 2. The summed E-state index contributed by atoms with van der Waals surface area (Å²) in [4.78, 5) is 14.7. The Morgan fingerprint density at radius 1 is 1.14 bits per heavy atom. The molecule has 1 fully saturated rings. The minimum Gasteiger partial charge on any atom is -0.495 e. The lowest BCUT2D eigenvalue weighted by atomic mass is 10.1. The highest BCUT2D eigenvalue weighted by molar-refractivity contribution is 6.36. The van der Waals surface area contributed by atoms with E-state index in [0.29, 0.717) is 45.3 Å². The molecule has 0 bridgehead atoms. The molecule has 0 unspecified atom stereocenters. The average molecular weight is 442 g/mol. The minimum atomic E-state index is -0.310. The summed E-state index contributed by atoms with van der Waals surface area (Å²) in [6.07, 6.45) is 3.00. The fourth-order valence-electron chi connectivity index (χ4n) is 2.95. The maximum absolute atomic E-state index is 12.5. The van der Waals surface area contributed by atoms with Crippen molar-refractivity contribution in [2.75, 3.05) is 43.6 Å². The molecule has 0 spiro atoms. The molecule has 0 atom stereocenters. The SMILES string of the molecule is COc1c(Cl)cc(Cl)cc1C=CC(=O)Nc1cc(Cl)ccc1N1CCOCC1. The van der Waals surface area contributed by atoms with Gasteiger partial charge in [0.1, 0.15) is 5.75 Å². The first-order valence-corrected chi connectivity index (χ1v) is 9.75. The Morgan fingerprint density at radius 2 is 1.89 bits per heavy atom. The highest BCUT2D eigenvalue weighted by Gasteiger charge is 2.16. The fourth-order valence-corrected chi connectivity index (χ4v) is 3.71. The number of morpholine rings is 1. The Hall–Kier alpha value is -1.92. The summed E-state index contributed by atoms with van der Waals surface area (Å²) in [6.45, 7) is 2.79. The van der Waals surface area contributed by atoms with Gasteiger partial charge in [-0.1, -0.05) is 34.8 Å². The first-order chi connectivity index (χ1) is 13.5. The van der Waals surface area contributed by atoms with Gasteiger partial charge in [0.05, 0.1) is 36.7 Å². The molecule has 148 valence electrons. The van der Waals surface area contributed by atoms with Gasteiger partial charge in [0.15, 0.2) is 0 Å². The summed E-state index contributed by atoms with van der Waals surface area (Å²) < 4.78 is 10.7. The molecule has 2 aromatic rings.